The Morgan fingerprint density at radius 2 is 1.97 bits per heavy atom. The lowest BCUT2D eigenvalue weighted by Gasteiger charge is -2.22. The lowest BCUT2D eigenvalue weighted by molar-refractivity contribution is -0.174. The van der Waals surface area contributed by atoms with E-state index in [9.17, 15) is 22.4 Å². The first-order valence-electron chi connectivity index (χ1n) is 11.5. The minimum Gasteiger partial charge on any atom is -0.381 e. The smallest absolute Gasteiger partial charge is 0.381 e. The molecule has 12 heteroatoms. The molecule has 0 saturated carbocycles. The van der Waals surface area contributed by atoms with Gasteiger partial charge in [-0.1, -0.05) is 0 Å². The van der Waals surface area contributed by atoms with Crippen LogP contribution in [0.25, 0.3) is 21.8 Å². The van der Waals surface area contributed by atoms with E-state index in [0.29, 0.717) is 53.2 Å². The number of thiazole rings is 1. The molecule has 7 nitrogen and oxygen atoms in total. The van der Waals surface area contributed by atoms with Gasteiger partial charge >= 0.3 is 6.18 Å². The SMILES string of the molecule is O=C(Cc1csc(-c2cn(CCOCC(F)(F)F)nc2-c2ccc(F)cc2)n1)NCC1CCOCC1. The van der Waals surface area contributed by atoms with E-state index in [4.69, 9.17) is 9.47 Å². The Balaban J connectivity index is 1.45. The van der Waals surface area contributed by atoms with E-state index in [0.717, 1.165) is 12.8 Å². The molecule has 1 aliphatic rings. The van der Waals surface area contributed by atoms with Crippen molar-refractivity contribution in [3.05, 3.63) is 47.4 Å². The topological polar surface area (TPSA) is 78.3 Å². The molecule has 36 heavy (non-hydrogen) atoms. The summed E-state index contributed by atoms with van der Waals surface area (Å²) in [5.74, 6) is -0.101. The normalized spacial score (nSPS) is 14.8. The second-order valence-corrected chi connectivity index (χ2v) is 9.37. The van der Waals surface area contributed by atoms with Gasteiger partial charge in [0.2, 0.25) is 5.91 Å². The van der Waals surface area contributed by atoms with Gasteiger partial charge in [0.25, 0.3) is 0 Å². The van der Waals surface area contributed by atoms with Crippen LogP contribution in [0, 0.1) is 11.7 Å². The molecule has 1 fully saturated rings. The second kappa shape index (κ2) is 11.9. The highest BCUT2D eigenvalue weighted by Crippen LogP contribution is 2.33. The Bertz CT molecular complexity index is 1140. The summed E-state index contributed by atoms with van der Waals surface area (Å²) in [5, 5.41) is 9.84. The molecule has 1 amide bonds. The summed E-state index contributed by atoms with van der Waals surface area (Å²) in [6.07, 6.45) is -0.742. The number of ether oxygens (including phenoxy) is 2. The number of carbonyl (C=O) groups excluding carboxylic acids is 1. The fourth-order valence-corrected chi connectivity index (χ4v) is 4.64. The van der Waals surface area contributed by atoms with Crippen molar-refractivity contribution in [3.8, 4) is 21.8 Å². The zero-order valence-electron chi connectivity index (χ0n) is 19.4. The van der Waals surface area contributed by atoms with Gasteiger partial charge in [0.1, 0.15) is 23.1 Å². The molecule has 4 rings (SSSR count). The fourth-order valence-electron chi connectivity index (χ4n) is 3.81. The Morgan fingerprint density at radius 3 is 2.69 bits per heavy atom. The van der Waals surface area contributed by atoms with Crippen LogP contribution in [-0.4, -0.2) is 59.8 Å². The average Bonchev–Trinajstić information content (AvgIpc) is 3.48. The monoisotopic (exact) mass is 526 g/mol. The molecule has 3 aromatic rings. The summed E-state index contributed by atoms with van der Waals surface area (Å²) >= 11 is 1.33. The summed E-state index contributed by atoms with van der Waals surface area (Å²) in [7, 11) is 0. The highest BCUT2D eigenvalue weighted by Gasteiger charge is 2.27. The standard InChI is InChI=1S/C24H26F4N4O3S/c25-18-3-1-17(2-4-18)22-20(13-32(31-22)7-10-35-15-24(26,27)28)23-30-19(14-36-23)11-21(33)29-12-16-5-8-34-9-6-16/h1-4,13-14,16H,5-12,15H2,(H,29,33). The molecule has 2 aromatic heterocycles. The molecule has 1 aromatic carbocycles. The van der Waals surface area contributed by atoms with Gasteiger partial charge in [-0.15, -0.1) is 11.3 Å². The number of alkyl halides is 3. The molecule has 0 atom stereocenters. The van der Waals surface area contributed by atoms with Gasteiger partial charge in [-0.2, -0.15) is 18.3 Å². The molecule has 0 unspecified atom stereocenters. The van der Waals surface area contributed by atoms with Crippen LogP contribution < -0.4 is 5.32 Å². The summed E-state index contributed by atoms with van der Waals surface area (Å²) in [6.45, 7) is 0.621. The molecular formula is C24H26F4N4O3S. The van der Waals surface area contributed by atoms with Gasteiger partial charge in [0.15, 0.2) is 0 Å². The quantitative estimate of drug-likeness (QED) is 0.312. The predicted molar refractivity (Wildman–Crippen MR) is 126 cm³/mol. The van der Waals surface area contributed by atoms with E-state index < -0.39 is 18.6 Å². The Labute approximate surface area is 209 Å². The first-order valence-corrected chi connectivity index (χ1v) is 12.4. The number of nitrogens with one attached hydrogen (secondary N) is 1. The van der Waals surface area contributed by atoms with Crippen LogP contribution in [0.3, 0.4) is 0 Å². The van der Waals surface area contributed by atoms with Crippen molar-refractivity contribution in [2.45, 2.75) is 32.0 Å². The molecule has 3 heterocycles. The van der Waals surface area contributed by atoms with Crippen molar-refractivity contribution in [2.24, 2.45) is 5.92 Å². The highest BCUT2D eigenvalue weighted by atomic mass is 32.1. The Hall–Kier alpha value is -2.83. The number of halogens is 4. The minimum absolute atomic E-state index is 0.0944. The maximum Gasteiger partial charge on any atom is 0.411 e. The number of benzene rings is 1. The molecule has 194 valence electrons. The minimum atomic E-state index is -4.40. The average molecular weight is 527 g/mol. The largest absolute Gasteiger partial charge is 0.411 e. The molecule has 1 aliphatic heterocycles. The lowest BCUT2D eigenvalue weighted by atomic mass is 10.0. The fraction of sp³-hybridized carbons (Fsp3) is 0.458. The van der Waals surface area contributed by atoms with E-state index in [-0.39, 0.29) is 25.5 Å². The molecular weight excluding hydrogens is 500 g/mol. The van der Waals surface area contributed by atoms with Crippen molar-refractivity contribution in [1.29, 1.82) is 0 Å². The second-order valence-electron chi connectivity index (χ2n) is 8.51. The van der Waals surface area contributed by atoms with Crippen LogP contribution in [0.2, 0.25) is 0 Å². The number of hydrogen-bond donors (Lipinski definition) is 1. The summed E-state index contributed by atoms with van der Waals surface area (Å²) < 4.78 is 62.0. The molecule has 0 bridgehead atoms. The van der Waals surface area contributed by atoms with Crippen molar-refractivity contribution in [1.82, 2.24) is 20.1 Å². The summed E-state index contributed by atoms with van der Waals surface area (Å²) in [5.41, 5.74) is 2.38. The molecule has 0 radical (unpaired) electrons. The van der Waals surface area contributed by atoms with Gasteiger partial charge in [0.05, 0.1) is 30.8 Å². The molecule has 1 saturated heterocycles. The van der Waals surface area contributed by atoms with Crippen LogP contribution in [0.5, 0.6) is 0 Å². The van der Waals surface area contributed by atoms with Gasteiger partial charge in [-0.05, 0) is 43.0 Å². The van der Waals surface area contributed by atoms with Crippen LogP contribution in [0.1, 0.15) is 18.5 Å². The Morgan fingerprint density at radius 1 is 1.22 bits per heavy atom. The van der Waals surface area contributed by atoms with Gasteiger partial charge in [-0.25, -0.2) is 9.37 Å². The van der Waals surface area contributed by atoms with Crippen molar-refractivity contribution in [3.63, 3.8) is 0 Å². The third kappa shape index (κ3) is 7.58. The summed E-state index contributed by atoms with van der Waals surface area (Å²) in [4.78, 5) is 17.0. The van der Waals surface area contributed by atoms with Crippen LogP contribution in [0.4, 0.5) is 17.6 Å². The van der Waals surface area contributed by atoms with Gasteiger partial charge in [0, 0.05) is 36.9 Å². The first kappa shape index (κ1) is 26.2. The van der Waals surface area contributed by atoms with E-state index in [1.165, 1.54) is 28.2 Å². The number of rotatable bonds is 10. The maximum absolute atomic E-state index is 13.5. The van der Waals surface area contributed by atoms with E-state index in [1.54, 1.807) is 23.7 Å². The first-order chi connectivity index (χ1) is 17.3. The van der Waals surface area contributed by atoms with Gasteiger partial charge < -0.3 is 14.8 Å². The number of amides is 1. The Kier molecular flexibility index (Phi) is 8.70. The molecule has 0 aliphatic carbocycles. The van der Waals surface area contributed by atoms with Crippen LogP contribution in [0.15, 0.2) is 35.8 Å². The van der Waals surface area contributed by atoms with Crippen molar-refractivity contribution in [2.75, 3.05) is 33.0 Å². The number of hydrogen-bond acceptors (Lipinski definition) is 6. The third-order valence-corrected chi connectivity index (χ3v) is 6.59. The van der Waals surface area contributed by atoms with E-state index >= 15 is 0 Å². The zero-order chi connectivity index (χ0) is 25.5. The van der Waals surface area contributed by atoms with Gasteiger partial charge in [-0.3, -0.25) is 9.48 Å². The highest BCUT2D eigenvalue weighted by molar-refractivity contribution is 7.13. The van der Waals surface area contributed by atoms with Crippen LogP contribution in [-0.2, 0) is 27.2 Å². The van der Waals surface area contributed by atoms with E-state index in [1.807, 2.05) is 0 Å². The van der Waals surface area contributed by atoms with Crippen LogP contribution >= 0.6 is 11.3 Å². The molecule has 0 spiro atoms. The maximum atomic E-state index is 13.5. The van der Waals surface area contributed by atoms with Crippen molar-refractivity contribution < 1.29 is 31.8 Å². The summed E-state index contributed by atoms with van der Waals surface area (Å²) in [6, 6.07) is 5.76. The number of aromatic nitrogens is 3. The van der Waals surface area contributed by atoms with E-state index in [2.05, 4.69) is 15.4 Å². The zero-order valence-corrected chi connectivity index (χ0v) is 20.2. The molecule has 1 N–H and O–H groups in total. The lowest BCUT2D eigenvalue weighted by Crippen LogP contribution is -2.33. The van der Waals surface area contributed by atoms with Crippen molar-refractivity contribution >= 4 is 17.2 Å². The third-order valence-electron chi connectivity index (χ3n) is 5.66. The number of carbonyl (C=O) groups is 1. The number of nitrogens with zero attached hydrogens (tertiary/aromatic N) is 3. The predicted octanol–water partition coefficient (Wildman–Crippen LogP) is 4.48.